The van der Waals surface area contributed by atoms with Crippen molar-refractivity contribution in [2.75, 3.05) is 0 Å². The van der Waals surface area contributed by atoms with Crippen LogP contribution >= 0.6 is 0 Å². The Hall–Kier alpha value is -1.82. The molecule has 2 rings (SSSR count). The third-order valence-electron chi connectivity index (χ3n) is 2.32. The molecule has 6 nitrogen and oxygen atoms in total. The van der Waals surface area contributed by atoms with Gasteiger partial charge < -0.3 is 14.5 Å². The quantitative estimate of drug-likeness (QED) is 0.841. The summed E-state index contributed by atoms with van der Waals surface area (Å²) < 4.78 is 12.6. The van der Waals surface area contributed by atoms with Gasteiger partial charge in [-0.15, -0.1) is 5.10 Å². The van der Waals surface area contributed by atoms with Gasteiger partial charge in [0.15, 0.2) is 0 Å². The number of rotatable bonds is 6. The molecule has 2 aromatic rings. The fraction of sp³-hybridized carbons (Fsp3) is 0.500. The van der Waals surface area contributed by atoms with Crippen LogP contribution in [-0.4, -0.2) is 20.8 Å². The summed E-state index contributed by atoms with van der Waals surface area (Å²) >= 11 is 0. The Labute approximate surface area is 106 Å². The van der Waals surface area contributed by atoms with Crippen molar-refractivity contribution in [2.45, 2.75) is 33.0 Å². The molecule has 6 heteroatoms. The molecule has 0 radical (unpaired) electrons. The van der Waals surface area contributed by atoms with Crippen LogP contribution in [0.15, 0.2) is 22.9 Å². The highest BCUT2D eigenvalue weighted by molar-refractivity contribution is 5.07. The van der Waals surface area contributed by atoms with Crippen molar-refractivity contribution >= 4 is 0 Å². The maximum atomic E-state index is 5.61. The average molecular weight is 250 g/mol. The van der Waals surface area contributed by atoms with Crippen molar-refractivity contribution in [3.05, 3.63) is 30.0 Å². The molecule has 0 spiro atoms. The van der Waals surface area contributed by atoms with Gasteiger partial charge in [-0.05, 0) is 12.1 Å². The molecular formula is C12H18N4O2. The van der Waals surface area contributed by atoms with Crippen LogP contribution in [0.1, 0.15) is 25.4 Å². The van der Waals surface area contributed by atoms with Crippen molar-refractivity contribution in [3.8, 4) is 6.01 Å². The molecule has 2 heterocycles. The summed E-state index contributed by atoms with van der Waals surface area (Å²) in [5, 5.41) is 7.31. The average Bonchev–Trinajstić information content (AvgIpc) is 2.93. The number of hydrogen-bond acceptors (Lipinski definition) is 5. The van der Waals surface area contributed by atoms with E-state index in [1.165, 1.54) is 0 Å². The lowest BCUT2D eigenvalue weighted by Gasteiger charge is -2.05. The molecule has 0 aliphatic carbocycles. The van der Waals surface area contributed by atoms with Crippen LogP contribution in [0.3, 0.4) is 0 Å². The van der Waals surface area contributed by atoms with Gasteiger partial charge in [-0.2, -0.15) is 4.98 Å². The van der Waals surface area contributed by atoms with Gasteiger partial charge in [0.05, 0.1) is 6.54 Å². The normalized spacial score (nSPS) is 11.1. The molecule has 2 aromatic heterocycles. The third-order valence-corrected chi connectivity index (χ3v) is 2.32. The van der Waals surface area contributed by atoms with Crippen LogP contribution in [0.25, 0.3) is 0 Å². The maximum Gasteiger partial charge on any atom is 0.335 e. The Kier molecular flexibility index (Phi) is 3.99. The highest BCUT2D eigenvalue weighted by atomic mass is 16.5. The van der Waals surface area contributed by atoms with E-state index in [4.69, 9.17) is 9.15 Å². The minimum absolute atomic E-state index is 0.339. The topological polar surface area (TPSA) is 65.1 Å². The van der Waals surface area contributed by atoms with Crippen LogP contribution in [0.4, 0.5) is 0 Å². The monoisotopic (exact) mass is 250 g/mol. The van der Waals surface area contributed by atoms with E-state index in [1.807, 2.05) is 12.1 Å². The standard InChI is InChI=1S/C12H18N4O2/c1-9(2)13-6-10-4-5-11(18-10)7-17-12-14-8-16(3)15-12/h4-5,8-9,13H,6-7H2,1-3H3. The summed E-state index contributed by atoms with van der Waals surface area (Å²) in [7, 11) is 1.79. The Morgan fingerprint density at radius 3 is 2.83 bits per heavy atom. The highest BCUT2D eigenvalue weighted by Gasteiger charge is 2.05. The molecule has 0 aliphatic rings. The maximum absolute atomic E-state index is 5.61. The van der Waals surface area contributed by atoms with E-state index in [1.54, 1.807) is 18.1 Å². The van der Waals surface area contributed by atoms with Gasteiger partial charge in [0.1, 0.15) is 24.5 Å². The minimum atomic E-state index is 0.339. The SMILES string of the molecule is CC(C)NCc1ccc(COc2ncn(C)n2)o1. The Morgan fingerprint density at radius 1 is 1.39 bits per heavy atom. The molecule has 18 heavy (non-hydrogen) atoms. The summed E-state index contributed by atoms with van der Waals surface area (Å²) in [6, 6.07) is 4.64. The summed E-state index contributed by atoms with van der Waals surface area (Å²) in [5.41, 5.74) is 0. The predicted octanol–water partition coefficient (Wildman–Crippen LogP) is 1.49. The van der Waals surface area contributed by atoms with Crippen LogP contribution in [0, 0.1) is 0 Å². The Bertz CT molecular complexity index is 490. The number of hydrogen-bond donors (Lipinski definition) is 1. The first-order chi connectivity index (χ1) is 8.63. The van der Waals surface area contributed by atoms with Crippen molar-refractivity contribution in [1.82, 2.24) is 20.1 Å². The molecule has 0 aliphatic heterocycles. The summed E-state index contributed by atoms with van der Waals surface area (Å²) in [5.74, 6) is 1.67. The minimum Gasteiger partial charge on any atom is -0.461 e. The van der Waals surface area contributed by atoms with Crippen LogP contribution < -0.4 is 10.1 Å². The number of nitrogens with one attached hydrogen (secondary N) is 1. The molecule has 0 aromatic carbocycles. The van der Waals surface area contributed by atoms with E-state index < -0.39 is 0 Å². The smallest absolute Gasteiger partial charge is 0.335 e. The summed E-state index contributed by atoms with van der Waals surface area (Å²) in [6.07, 6.45) is 1.59. The van der Waals surface area contributed by atoms with E-state index in [0.717, 1.165) is 18.1 Å². The molecule has 0 saturated carbocycles. The molecule has 98 valence electrons. The van der Waals surface area contributed by atoms with Crippen LogP contribution in [0.5, 0.6) is 6.01 Å². The molecular weight excluding hydrogens is 232 g/mol. The number of ether oxygens (including phenoxy) is 1. The molecule has 0 bridgehead atoms. The number of aromatic nitrogens is 3. The van der Waals surface area contributed by atoms with E-state index in [2.05, 4.69) is 29.2 Å². The lowest BCUT2D eigenvalue weighted by molar-refractivity contribution is 0.245. The fourth-order valence-corrected chi connectivity index (χ4v) is 1.42. The molecule has 0 saturated heterocycles. The molecule has 1 N–H and O–H groups in total. The van der Waals surface area contributed by atoms with E-state index >= 15 is 0 Å². The second kappa shape index (κ2) is 5.68. The lowest BCUT2D eigenvalue weighted by atomic mass is 10.3. The van der Waals surface area contributed by atoms with Crippen molar-refractivity contribution in [3.63, 3.8) is 0 Å². The first-order valence-electron chi connectivity index (χ1n) is 5.93. The number of furan rings is 1. The van der Waals surface area contributed by atoms with Gasteiger partial charge in [-0.25, -0.2) is 0 Å². The van der Waals surface area contributed by atoms with Gasteiger partial charge in [0.25, 0.3) is 0 Å². The summed E-state index contributed by atoms with van der Waals surface area (Å²) in [6.45, 7) is 5.25. The van der Waals surface area contributed by atoms with Crippen molar-refractivity contribution in [2.24, 2.45) is 7.05 Å². The third kappa shape index (κ3) is 3.59. The largest absolute Gasteiger partial charge is 0.461 e. The second-order valence-electron chi connectivity index (χ2n) is 4.39. The first-order valence-corrected chi connectivity index (χ1v) is 5.93. The van der Waals surface area contributed by atoms with Crippen molar-refractivity contribution < 1.29 is 9.15 Å². The molecule has 0 unspecified atom stereocenters. The fourth-order valence-electron chi connectivity index (χ4n) is 1.42. The molecule has 0 fully saturated rings. The van der Waals surface area contributed by atoms with Gasteiger partial charge in [-0.3, -0.25) is 4.68 Å². The van der Waals surface area contributed by atoms with Crippen LogP contribution in [0.2, 0.25) is 0 Å². The Balaban J connectivity index is 1.83. The van der Waals surface area contributed by atoms with Gasteiger partial charge in [-0.1, -0.05) is 13.8 Å². The van der Waals surface area contributed by atoms with Crippen molar-refractivity contribution in [1.29, 1.82) is 0 Å². The van der Waals surface area contributed by atoms with Gasteiger partial charge in [0, 0.05) is 13.1 Å². The first kappa shape index (κ1) is 12.6. The predicted molar refractivity (Wildman–Crippen MR) is 66.0 cm³/mol. The highest BCUT2D eigenvalue weighted by Crippen LogP contribution is 2.10. The molecule has 0 atom stereocenters. The lowest BCUT2D eigenvalue weighted by Crippen LogP contribution is -2.21. The van der Waals surface area contributed by atoms with E-state index in [-0.39, 0.29) is 0 Å². The number of nitrogens with zero attached hydrogens (tertiary/aromatic N) is 3. The van der Waals surface area contributed by atoms with Gasteiger partial charge in [0.2, 0.25) is 0 Å². The van der Waals surface area contributed by atoms with E-state index in [9.17, 15) is 0 Å². The zero-order valence-corrected chi connectivity index (χ0v) is 10.9. The zero-order chi connectivity index (χ0) is 13.0. The van der Waals surface area contributed by atoms with Crippen LogP contribution in [-0.2, 0) is 20.2 Å². The summed E-state index contributed by atoms with van der Waals surface area (Å²) in [4.78, 5) is 3.97. The number of aryl methyl sites for hydroxylation is 1. The van der Waals surface area contributed by atoms with Gasteiger partial charge >= 0.3 is 6.01 Å². The molecule has 0 amide bonds. The Morgan fingerprint density at radius 2 is 2.17 bits per heavy atom. The second-order valence-corrected chi connectivity index (χ2v) is 4.39. The zero-order valence-electron chi connectivity index (χ0n) is 10.9. The van der Waals surface area contributed by atoms with E-state index in [0.29, 0.717) is 18.7 Å².